The van der Waals surface area contributed by atoms with E-state index in [9.17, 15) is 19.7 Å². The van der Waals surface area contributed by atoms with Gasteiger partial charge in [-0.15, -0.1) is 0 Å². The average molecular weight is 445 g/mol. The topological polar surface area (TPSA) is 126 Å². The fraction of sp³-hybridized carbons (Fsp3) is 0.125. The lowest BCUT2D eigenvalue weighted by atomic mass is 10.0. The van der Waals surface area contributed by atoms with E-state index in [-0.39, 0.29) is 11.3 Å². The molecule has 0 atom stereocenters. The molecule has 4 rings (SSSR count). The van der Waals surface area contributed by atoms with Crippen molar-refractivity contribution in [2.45, 2.75) is 20.8 Å². The van der Waals surface area contributed by atoms with Gasteiger partial charge in [0, 0.05) is 6.07 Å². The monoisotopic (exact) mass is 445 g/mol. The number of nitro benzene ring substituents is 1. The number of furan rings is 1. The van der Waals surface area contributed by atoms with Gasteiger partial charge in [-0.25, -0.2) is 4.79 Å². The number of aromatic carboxylic acids is 1. The average Bonchev–Trinajstić information content (AvgIpc) is 3.35. The molecule has 1 aliphatic rings. The summed E-state index contributed by atoms with van der Waals surface area (Å²) in [6.07, 6.45) is 1.53. The van der Waals surface area contributed by atoms with Gasteiger partial charge in [0.15, 0.2) is 0 Å². The van der Waals surface area contributed by atoms with Gasteiger partial charge in [-0.3, -0.25) is 14.9 Å². The molecule has 33 heavy (non-hydrogen) atoms. The van der Waals surface area contributed by atoms with Crippen LogP contribution in [0.3, 0.4) is 0 Å². The van der Waals surface area contributed by atoms with Crippen molar-refractivity contribution in [3.8, 4) is 11.3 Å². The van der Waals surface area contributed by atoms with E-state index in [0.29, 0.717) is 34.1 Å². The van der Waals surface area contributed by atoms with E-state index in [0.717, 1.165) is 11.1 Å². The summed E-state index contributed by atoms with van der Waals surface area (Å²) in [5.41, 5.74) is 3.28. The minimum absolute atomic E-state index is 0.0580. The summed E-state index contributed by atoms with van der Waals surface area (Å²) in [4.78, 5) is 35.0. The van der Waals surface area contributed by atoms with Gasteiger partial charge in [-0.2, -0.15) is 10.1 Å². The van der Waals surface area contributed by atoms with Crippen molar-refractivity contribution in [1.82, 2.24) is 0 Å². The first-order chi connectivity index (χ1) is 15.7. The van der Waals surface area contributed by atoms with Crippen LogP contribution in [-0.2, 0) is 4.79 Å². The number of aryl methyl sites for hydroxylation is 2. The molecule has 1 amide bonds. The highest BCUT2D eigenvalue weighted by molar-refractivity contribution is 6.32. The maximum Gasteiger partial charge on any atom is 0.335 e. The Hall–Kier alpha value is -4.53. The Kier molecular flexibility index (Phi) is 5.39. The molecular weight excluding hydrogens is 426 g/mol. The van der Waals surface area contributed by atoms with E-state index in [4.69, 9.17) is 9.52 Å². The number of carbonyl (C=O) groups excluding carboxylic acids is 1. The number of carbonyl (C=O) groups is 2. The molecule has 0 bridgehead atoms. The fourth-order valence-corrected chi connectivity index (χ4v) is 3.47. The second-order valence-electron chi connectivity index (χ2n) is 7.63. The van der Waals surface area contributed by atoms with Crippen LogP contribution in [0.1, 0.15) is 34.2 Å². The van der Waals surface area contributed by atoms with Crippen LogP contribution in [0, 0.1) is 24.0 Å². The standard InChI is InChI=1S/C24H19N3O6/c1-13-10-20(21(27(31)32)11-14(13)2)22-9-8-18(33-22)12-19-15(3)25-26(23(19)28)17-6-4-16(5-7-17)24(29)30/h4-12H,1-3H3,(H,29,30)/b19-12-. The quantitative estimate of drug-likeness (QED) is 0.335. The molecule has 0 saturated heterocycles. The lowest BCUT2D eigenvalue weighted by molar-refractivity contribution is -0.384. The van der Waals surface area contributed by atoms with Crippen molar-refractivity contribution in [2.75, 3.05) is 5.01 Å². The lowest BCUT2D eigenvalue weighted by Crippen LogP contribution is -2.21. The van der Waals surface area contributed by atoms with Crippen LogP contribution < -0.4 is 5.01 Å². The maximum absolute atomic E-state index is 12.9. The molecule has 0 saturated carbocycles. The van der Waals surface area contributed by atoms with Crippen molar-refractivity contribution in [1.29, 1.82) is 0 Å². The molecule has 1 N–H and O–H groups in total. The Morgan fingerprint density at radius 1 is 1.09 bits per heavy atom. The van der Waals surface area contributed by atoms with Gasteiger partial charge in [0.2, 0.25) is 0 Å². The van der Waals surface area contributed by atoms with Crippen molar-refractivity contribution in [3.05, 3.63) is 86.7 Å². The first-order valence-electron chi connectivity index (χ1n) is 9.96. The van der Waals surface area contributed by atoms with Crippen molar-refractivity contribution in [3.63, 3.8) is 0 Å². The maximum atomic E-state index is 12.9. The summed E-state index contributed by atoms with van der Waals surface area (Å²) in [5, 5.41) is 26.0. The number of nitrogens with zero attached hydrogens (tertiary/aromatic N) is 3. The lowest BCUT2D eigenvalue weighted by Gasteiger charge is -2.11. The second-order valence-corrected chi connectivity index (χ2v) is 7.63. The summed E-state index contributed by atoms with van der Waals surface area (Å²) in [6.45, 7) is 5.34. The Morgan fingerprint density at radius 3 is 2.39 bits per heavy atom. The molecule has 2 heterocycles. The van der Waals surface area contributed by atoms with Crippen LogP contribution in [0.2, 0.25) is 0 Å². The smallest absolute Gasteiger partial charge is 0.335 e. The Labute approximate surface area is 188 Å². The van der Waals surface area contributed by atoms with Crippen LogP contribution in [0.15, 0.2) is 63.6 Å². The predicted octanol–water partition coefficient (Wildman–Crippen LogP) is 4.98. The normalized spacial score (nSPS) is 14.6. The molecule has 0 spiro atoms. The molecule has 1 aliphatic heterocycles. The van der Waals surface area contributed by atoms with Crippen molar-refractivity contribution < 1.29 is 24.0 Å². The van der Waals surface area contributed by atoms with Crippen LogP contribution in [0.25, 0.3) is 17.4 Å². The van der Waals surface area contributed by atoms with Gasteiger partial charge in [0.05, 0.1) is 33.0 Å². The van der Waals surface area contributed by atoms with Gasteiger partial charge < -0.3 is 9.52 Å². The molecular formula is C24H19N3O6. The number of amides is 1. The van der Waals surface area contributed by atoms with E-state index in [1.165, 1.54) is 41.4 Å². The number of carboxylic acid groups (broad SMARTS) is 1. The summed E-state index contributed by atoms with van der Waals surface area (Å²) in [5.74, 6) is -0.797. The number of anilines is 1. The van der Waals surface area contributed by atoms with E-state index in [1.54, 1.807) is 32.0 Å². The van der Waals surface area contributed by atoms with Crippen LogP contribution in [0.5, 0.6) is 0 Å². The number of hydrogen-bond donors (Lipinski definition) is 1. The van der Waals surface area contributed by atoms with Crippen LogP contribution in [0.4, 0.5) is 11.4 Å². The van der Waals surface area contributed by atoms with E-state index in [1.807, 2.05) is 6.92 Å². The molecule has 2 aromatic carbocycles. The highest BCUT2D eigenvalue weighted by atomic mass is 16.6. The molecule has 0 aliphatic carbocycles. The molecule has 9 heteroatoms. The summed E-state index contributed by atoms with van der Waals surface area (Å²) in [7, 11) is 0. The van der Waals surface area contributed by atoms with Gasteiger partial charge in [0.25, 0.3) is 11.6 Å². The van der Waals surface area contributed by atoms with Gasteiger partial charge in [-0.05, 0) is 80.4 Å². The third-order valence-electron chi connectivity index (χ3n) is 5.41. The minimum Gasteiger partial charge on any atom is -0.478 e. The molecule has 0 fully saturated rings. The number of hydrazone groups is 1. The largest absolute Gasteiger partial charge is 0.478 e. The SMILES string of the molecule is CC1=NN(c2ccc(C(=O)O)cc2)C(=O)/C1=C\c1ccc(-c2cc(C)c(C)cc2[N+](=O)[O-])o1. The highest BCUT2D eigenvalue weighted by Gasteiger charge is 2.29. The molecule has 0 unspecified atom stereocenters. The first kappa shape index (κ1) is 21.7. The van der Waals surface area contributed by atoms with Gasteiger partial charge in [0.1, 0.15) is 11.5 Å². The zero-order chi connectivity index (χ0) is 23.9. The Balaban J connectivity index is 1.65. The van der Waals surface area contributed by atoms with Crippen LogP contribution in [-0.4, -0.2) is 27.6 Å². The fourth-order valence-electron chi connectivity index (χ4n) is 3.47. The molecule has 1 aromatic heterocycles. The van der Waals surface area contributed by atoms with Crippen LogP contribution >= 0.6 is 0 Å². The Morgan fingerprint density at radius 2 is 1.76 bits per heavy atom. The van der Waals surface area contributed by atoms with Gasteiger partial charge in [-0.1, -0.05) is 0 Å². The third kappa shape index (κ3) is 4.03. The number of rotatable bonds is 5. The third-order valence-corrected chi connectivity index (χ3v) is 5.41. The van der Waals surface area contributed by atoms with Gasteiger partial charge >= 0.3 is 5.97 Å². The number of nitro groups is 1. The number of carboxylic acids is 1. The zero-order valence-corrected chi connectivity index (χ0v) is 18.0. The zero-order valence-electron chi connectivity index (χ0n) is 18.0. The Bertz CT molecular complexity index is 1370. The predicted molar refractivity (Wildman–Crippen MR) is 122 cm³/mol. The summed E-state index contributed by atoms with van der Waals surface area (Å²) >= 11 is 0. The van der Waals surface area contributed by atoms with Crippen molar-refractivity contribution in [2.24, 2.45) is 5.10 Å². The molecule has 166 valence electrons. The van der Waals surface area contributed by atoms with E-state index < -0.39 is 16.8 Å². The second kappa shape index (κ2) is 8.19. The number of hydrogen-bond acceptors (Lipinski definition) is 6. The van der Waals surface area contributed by atoms with Crippen molar-refractivity contribution >= 4 is 35.0 Å². The first-order valence-corrected chi connectivity index (χ1v) is 9.96. The minimum atomic E-state index is -1.06. The highest BCUT2D eigenvalue weighted by Crippen LogP contribution is 2.34. The van der Waals surface area contributed by atoms with E-state index in [2.05, 4.69) is 5.10 Å². The molecule has 9 nitrogen and oxygen atoms in total. The van der Waals surface area contributed by atoms with E-state index >= 15 is 0 Å². The summed E-state index contributed by atoms with van der Waals surface area (Å²) < 4.78 is 5.83. The summed E-state index contributed by atoms with van der Waals surface area (Å²) in [6, 6.07) is 12.3. The molecule has 0 radical (unpaired) electrons. The molecule has 3 aromatic rings. The number of benzene rings is 2.